The SMILES string of the molecule is CCc1cc(CCCC(=O)O)sc1CCCCCCCC(=O)O. The van der Waals surface area contributed by atoms with Crippen LogP contribution in [0, 0.1) is 0 Å². The maximum atomic E-state index is 10.6. The Labute approximate surface area is 142 Å². The number of carbonyl (C=O) groups is 2. The average Bonchev–Trinajstić information content (AvgIpc) is 2.88. The minimum absolute atomic E-state index is 0.241. The molecular weight excluding hydrogens is 312 g/mol. The third-order valence-corrected chi connectivity index (χ3v) is 5.23. The van der Waals surface area contributed by atoms with Crippen LogP contribution in [-0.2, 0) is 28.9 Å². The largest absolute Gasteiger partial charge is 0.481 e. The molecule has 5 heteroatoms. The number of thiophene rings is 1. The second-order valence-corrected chi connectivity index (χ2v) is 7.14. The van der Waals surface area contributed by atoms with E-state index in [9.17, 15) is 9.59 Å². The maximum absolute atomic E-state index is 10.6. The Hall–Kier alpha value is -1.36. The molecule has 0 spiro atoms. The van der Waals surface area contributed by atoms with E-state index >= 15 is 0 Å². The van der Waals surface area contributed by atoms with E-state index in [0.29, 0.717) is 6.42 Å². The van der Waals surface area contributed by atoms with Gasteiger partial charge in [-0.15, -0.1) is 11.3 Å². The number of aryl methyl sites for hydroxylation is 3. The van der Waals surface area contributed by atoms with E-state index in [1.54, 1.807) is 0 Å². The summed E-state index contributed by atoms with van der Waals surface area (Å²) in [6.07, 6.45) is 9.39. The molecule has 2 N–H and O–H groups in total. The van der Waals surface area contributed by atoms with Crippen molar-refractivity contribution in [1.82, 2.24) is 0 Å². The van der Waals surface area contributed by atoms with Gasteiger partial charge in [0.15, 0.2) is 0 Å². The number of rotatable bonds is 13. The van der Waals surface area contributed by atoms with Gasteiger partial charge in [0.1, 0.15) is 0 Å². The quantitative estimate of drug-likeness (QED) is 0.511. The Balaban J connectivity index is 2.28. The predicted molar refractivity (Wildman–Crippen MR) is 93.3 cm³/mol. The Bertz CT molecular complexity index is 493. The van der Waals surface area contributed by atoms with Crippen LogP contribution in [0.15, 0.2) is 6.07 Å². The van der Waals surface area contributed by atoms with E-state index in [1.807, 2.05) is 11.3 Å². The minimum atomic E-state index is -0.722. The highest BCUT2D eigenvalue weighted by molar-refractivity contribution is 7.12. The number of hydrogen-bond donors (Lipinski definition) is 2. The topological polar surface area (TPSA) is 74.6 Å². The smallest absolute Gasteiger partial charge is 0.303 e. The van der Waals surface area contributed by atoms with Crippen molar-refractivity contribution in [3.05, 3.63) is 21.4 Å². The molecule has 0 amide bonds. The fourth-order valence-electron chi connectivity index (χ4n) is 2.67. The van der Waals surface area contributed by atoms with Gasteiger partial charge in [-0.3, -0.25) is 9.59 Å². The molecule has 4 nitrogen and oxygen atoms in total. The molecule has 0 bridgehead atoms. The first kappa shape index (κ1) is 19.7. The second-order valence-electron chi connectivity index (χ2n) is 5.92. The van der Waals surface area contributed by atoms with E-state index in [2.05, 4.69) is 13.0 Å². The summed E-state index contributed by atoms with van der Waals surface area (Å²) in [6.45, 7) is 2.17. The van der Waals surface area contributed by atoms with Gasteiger partial charge in [0.25, 0.3) is 0 Å². The summed E-state index contributed by atoms with van der Waals surface area (Å²) >= 11 is 1.84. The van der Waals surface area contributed by atoms with E-state index in [4.69, 9.17) is 10.2 Å². The molecule has 0 aliphatic rings. The maximum Gasteiger partial charge on any atom is 0.303 e. The first-order valence-corrected chi connectivity index (χ1v) is 9.38. The highest BCUT2D eigenvalue weighted by Crippen LogP contribution is 2.26. The zero-order valence-electron chi connectivity index (χ0n) is 14.0. The zero-order chi connectivity index (χ0) is 17.1. The molecule has 0 fully saturated rings. The van der Waals surface area contributed by atoms with Crippen molar-refractivity contribution >= 4 is 23.3 Å². The molecule has 1 rings (SSSR count). The molecule has 23 heavy (non-hydrogen) atoms. The lowest BCUT2D eigenvalue weighted by atomic mass is 10.1. The molecular formula is C18H28O4S. The minimum Gasteiger partial charge on any atom is -0.481 e. The summed E-state index contributed by atoms with van der Waals surface area (Å²) in [5.41, 5.74) is 1.41. The molecule has 0 saturated heterocycles. The number of carboxylic acids is 2. The molecule has 1 heterocycles. The van der Waals surface area contributed by atoms with Gasteiger partial charge in [-0.05, 0) is 50.2 Å². The summed E-state index contributed by atoms with van der Waals surface area (Å²) in [5.74, 6) is -1.42. The lowest BCUT2D eigenvalue weighted by molar-refractivity contribution is -0.138. The molecule has 0 radical (unpaired) electrons. The second kappa shape index (κ2) is 11.2. The van der Waals surface area contributed by atoms with Crippen LogP contribution < -0.4 is 0 Å². The lowest BCUT2D eigenvalue weighted by Crippen LogP contribution is -1.94. The zero-order valence-corrected chi connectivity index (χ0v) is 14.8. The monoisotopic (exact) mass is 340 g/mol. The lowest BCUT2D eigenvalue weighted by Gasteiger charge is -2.02. The third kappa shape index (κ3) is 8.74. The van der Waals surface area contributed by atoms with Crippen molar-refractivity contribution < 1.29 is 19.8 Å². The van der Waals surface area contributed by atoms with Crippen LogP contribution in [0.5, 0.6) is 0 Å². The van der Waals surface area contributed by atoms with Crippen molar-refractivity contribution in [3.8, 4) is 0 Å². The van der Waals surface area contributed by atoms with Gasteiger partial charge >= 0.3 is 11.9 Å². The van der Waals surface area contributed by atoms with Crippen LogP contribution in [0.1, 0.15) is 73.6 Å². The molecule has 1 aromatic rings. The van der Waals surface area contributed by atoms with E-state index in [1.165, 1.54) is 15.3 Å². The average molecular weight is 340 g/mol. The molecule has 0 atom stereocenters. The van der Waals surface area contributed by atoms with Crippen molar-refractivity contribution in [1.29, 1.82) is 0 Å². The summed E-state index contributed by atoms with van der Waals surface area (Å²) in [5, 5.41) is 17.3. The number of hydrogen-bond acceptors (Lipinski definition) is 3. The van der Waals surface area contributed by atoms with Crippen LogP contribution in [0.2, 0.25) is 0 Å². The van der Waals surface area contributed by atoms with Crippen LogP contribution in [-0.4, -0.2) is 22.2 Å². The number of carboxylic acid groups (broad SMARTS) is 2. The molecule has 0 aliphatic heterocycles. The van der Waals surface area contributed by atoms with Crippen molar-refractivity contribution in [2.75, 3.05) is 0 Å². The molecule has 0 unspecified atom stereocenters. The van der Waals surface area contributed by atoms with Gasteiger partial charge in [-0.2, -0.15) is 0 Å². The fraction of sp³-hybridized carbons (Fsp3) is 0.667. The van der Waals surface area contributed by atoms with Crippen molar-refractivity contribution in [3.63, 3.8) is 0 Å². The first-order chi connectivity index (χ1) is 11.0. The molecule has 0 aliphatic carbocycles. The van der Waals surface area contributed by atoms with Gasteiger partial charge in [0.2, 0.25) is 0 Å². The van der Waals surface area contributed by atoms with Crippen LogP contribution in [0.4, 0.5) is 0 Å². The van der Waals surface area contributed by atoms with Gasteiger partial charge in [0.05, 0.1) is 0 Å². The Morgan fingerprint density at radius 3 is 2.17 bits per heavy atom. The van der Waals surface area contributed by atoms with Gasteiger partial charge in [0, 0.05) is 22.6 Å². The first-order valence-electron chi connectivity index (χ1n) is 8.57. The summed E-state index contributed by atoms with van der Waals surface area (Å²) in [4.78, 5) is 23.8. The van der Waals surface area contributed by atoms with Crippen LogP contribution in [0.3, 0.4) is 0 Å². The number of aliphatic carboxylic acids is 2. The molecule has 130 valence electrons. The molecule has 0 saturated carbocycles. The van der Waals surface area contributed by atoms with Crippen LogP contribution >= 0.6 is 11.3 Å². The summed E-state index contributed by atoms with van der Waals surface area (Å²) in [6, 6.07) is 2.24. The highest BCUT2D eigenvalue weighted by Gasteiger charge is 2.08. The van der Waals surface area contributed by atoms with Crippen molar-refractivity contribution in [2.45, 2.75) is 77.6 Å². The third-order valence-electron chi connectivity index (χ3n) is 3.94. The highest BCUT2D eigenvalue weighted by atomic mass is 32.1. The van der Waals surface area contributed by atoms with E-state index in [-0.39, 0.29) is 12.8 Å². The summed E-state index contributed by atoms with van der Waals surface area (Å²) in [7, 11) is 0. The Morgan fingerprint density at radius 2 is 1.52 bits per heavy atom. The number of unbranched alkanes of at least 4 members (excludes halogenated alkanes) is 4. The van der Waals surface area contributed by atoms with Gasteiger partial charge in [-0.25, -0.2) is 0 Å². The van der Waals surface area contributed by atoms with Gasteiger partial charge in [-0.1, -0.05) is 26.2 Å². The molecule has 0 aromatic carbocycles. The van der Waals surface area contributed by atoms with Gasteiger partial charge < -0.3 is 10.2 Å². The van der Waals surface area contributed by atoms with Crippen LogP contribution in [0.25, 0.3) is 0 Å². The normalized spacial score (nSPS) is 10.8. The summed E-state index contributed by atoms with van der Waals surface area (Å²) < 4.78 is 0. The van der Waals surface area contributed by atoms with Crippen molar-refractivity contribution in [2.24, 2.45) is 0 Å². The standard InChI is InChI=1S/C18H28O4S/c1-2-14-13-15(9-8-12-18(21)22)23-16(14)10-6-4-3-5-7-11-17(19)20/h13H,2-12H2,1H3,(H,19,20)(H,21,22). The predicted octanol–water partition coefficient (Wildman–Crippen LogP) is 4.69. The fourth-order valence-corrected chi connectivity index (χ4v) is 4.01. The Morgan fingerprint density at radius 1 is 0.913 bits per heavy atom. The van der Waals surface area contributed by atoms with E-state index in [0.717, 1.165) is 51.4 Å². The van der Waals surface area contributed by atoms with E-state index < -0.39 is 11.9 Å². The Kier molecular flexibility index (Phi) is 9.60. The molecule has 1 aromatic heterocycles.